The summed E-state index contributed by atoms with van der Waals surface area (Å²) in [6, 6.07) is 0. The van der Waals surface area contributed by atoms with Gasteiger partial charge in [-0.2, -0.15) is 0 Å². The lowest BCUT2D eigenvalue weighted by atomic mass is 10.0. The monoisotopic (exact) mass is 410 g/mol. The molecule has 5 heteroatoms. The zero-order valence-electron chi connectivity index (χ0n) is 20.0. The molecule has 0 N–H and O–H groups in total. The maximum atomic E-state index is 9.44. The molecule has 0 atom stereocenters. The molecule has 160 valence electrons. The molecular weight excluding hydrogens is 364 g/mol. The second kappa shape index (κ2) is 13.5. The van der Waals surface area contributed by atoms with Gasteiger partial charge in [-0.15, -0.1) is 23.5 Å². The first-order valence-corrected chi connectivity index (χ1v) is 11.1. The Bertz CT molecular complexity index is 306. The molecule has 2 heterocycles. The van der Waals surface area contributed by atoms with Gasteiger partial charge < -0.3 is 14.3 Å². The van der Waals surface area contributed by atoms with Gasteiger partial charge in [0.2, 0.25) is 0 Å². The van der Waals surface area contributed by atoms with E-state index in [4.69, 9.17) is 9.47 Å². The fourth-order valence-electron chi connectivity index (χ4n) is 0.589. The van der Waals surface area contributed by atoms with Gasteiger partial charge in [0, 0.05) is 5.08 Å². The van der Waals surface area contributed by atoms with Crippen molar-refractivity contribution in [2.75, 3.05) is 11.9 Å². The van der Waals surface area contributed by atoms with E-state index in [0.717, 1.165) is 0 Å². The van der Waals surface area contributed by atoms with Gasteiger partial charge in [-0.1, -0.05) is 55.4 Å². The normalized spacial score (nSPS) is 19.0. The highest BCUT2D eigenvalue weighted by atomic mass is 32.3. The summed E-state index contributed by atoms with van der Waals surface area (Å²) in [5, 5.41) is 1.30. The minimum Gasteiger partial charge on any atom is -0.324 e. The van der Waals surface area contributed by atoms with Crippen LogP contribution in [0.15, 0.2) is 0 Å². The first-order valence-electron chi connectivity index (χ1n) is 9.18. The van der Waals surface area contributed by atoms with Crippen molar-refractivity contribution >= 4 is 29.3 Å². The smallest absolute Gasteiger partial charge is 0.168 e. The van der Waals surface area contributed by atoms with Crippen LogP contribution in [0.3, 0.4) is 0 Å². The van der Waals surface area contributed by atoms with Crippen molar-refractivity contribution < 1.29 is 14.3 Å². The predicted molar refractivity (Wildman–Crippen MR) is 122 cm³/mol. The highest BCUT2D eigenvalue weighted by Crippen LogP contribution is 2.49. The average Bonchev–Trinajstić information content (AvgIpc) is 2.20. The molecule has 0 aromatic rings. The zero-order chi connectivity index (χ0) is 21.8. The number of ketones is 1. The molecule has 0 saturated carbocycles. The number of carbonyl (C=O) groups is 1. The Hall–Kier alpha value is 0.290. The highest BCUT2D eigenvalue weighted by Gasteiger charge is 2.27. The summed E-state index contributed by atoms with van der Waals surface area (Å²) in [5.74, 6) is -0.111. The van der Waals surface area contributed by atoms with E-state index >= 15 is 0 Å². The minimum absolute atomic E-state index is 0.167. The molecule has 3 nitrogen and oxygen atoms in total. The third-order valence-corrected chi connectivity index (χ3v) is 4.67. The summed E-state index contributed by atoms with van der Waals surface area (Å²) in [6.45, 7) is 29.3. The van der Waals surface area contributed by atoms with Crippen LogP contribution in [0.5, 0.6) is 0 Å². The molecule has 0 amide bonds. The van der Waals surface area contributed by atoms with E-state index in [0.29, 0.717) is 21.7 Å². The van der Waals surface area contributed by atoms with Gasteiger partial charge in [0.25, 0.3) is 0 Å². The average molecular weight is 411 g/mol. The molecule has 0 aromatic heterocycles. The van der Waals surface area contributed by atoms with E-state index in [1.165, 1.54) is 18.9 Å². The quantitative estimate of drug-likeness (QED) is 0.411. The number of ether oxygens (including phenoxy) is 2. The second-order valence-corrected chi connectivity index (χ2v) is 14.3. The molecule has 2 aliphatic heterocycles. The number of hydrogen-bond acceptors (Lipinski definition) is 5. The Morgan fingerprint density at radius 1 is 0.769 bits per heavy atom. The molecule has 2 saturated heterocycles. The lowest BCUT2D eigenvalue weighted by molar-refractivity contribution is -0.379. The van der Waals surface area contributed by atoms with E-state index in [2.05, 4.69) is 69.2 Å². The Labute approximate surface area is 173 Å². The summed E-state index contributed by atoms with van der Waals surface area (Å²) in [7, 11) is 0. The van der Waals surface area contributed by atoms with Crippen LogP contribution in [0.4, 0.5) is 0 Å². The van der Waals surface area contributed by atoms with Crippen LogP contribution in [0.1, 0.15) is 96.9 Å². The molecule has 2 rings (SSSR count). The van der Waals surface area contributed by atoms with Gasteiger partial charge in [-0.05, 0) is 52.4 Å². The third-order valence-electron chi connectivity index (χ3n) is 1.63. The predicted octanol–water partition coefficient (Wildman–Crippen LogP) is 7.59. The van der Waals surface area contributed by atoms with Gasteiger partial charge >= 0.3 is 0 Å². The van der Waals surface area contributed by atoms with E-state index in [9.17, 15) is 4.79 Å². The van der Waals surface area contributed by atoms with Crippen molar-refractivity contribution in [1.29, 1.82) is 0 Å². The lowest BCUT2D eigenvalue weighted by Crippen LogP contribution is -2.40. The Balaban J connectivity index is -0.000000257. The van der Waals surface area contributed by atoms with Gasteiger partial charge in [0.1, 0.15) is 5.78 Å². The summed E-state index contributed by atoms with van der Waals surface area (Å²) in [5.41, 5.74) is 1.00. The van der Waals surface area contributed by atoms with Crippen LogP contribution in [0.2, 0.25) is 0 Å². The molecule has 0 unspecified atom stereocenters. The van der Waals surface area contributed by atoms with Gasteiger partial charge in [-0.3, -0.25) is 0 Å². The molecular formula is C21H46O3S2. The molecule has 0 bridgehead atoms. The van der Waals surface area contributed by atoms with Crippen LogP contribution in [0.25, 0.3) is 0 Å². The van der Waals surface area contributed by atoms with E-state index < -0.39 is 0 Å². The molecule has 2 aliphatic rings. The maximum absolute atomic E-state index is 9.44. The topological polar surface area (TPSA) is 35.5 Å². The van der Waals surface area contributed by atoms with Gasteiger partial charge in [-0.25, -0.2) is 0 Å². The summed E-state index contributed by atoms with van der Waals surface area (Å²) in [6.07, 6.45) is 0. The minimum atomic E-state index is -0.278. The molecule has 26 heavy (non-hydrogen) atoms. The van der Waals surface area contributed by atoms with Crippen molar-refractivity contribution in [3.8, 4) is 0 Å². The third kappa shape index (κ3) is 49.7. The van der Waals surface area contributed by atoms with Crippen LogP contribution in [0, 0.1) is 10.8 Å². The fourth-order valence-corrected chi connectivity index (χ4v) is 2.95. The fraction of sp³-hybridized carbons (Fsp3) is 0.952. The van der Waals surface area contributed by atoms with Gasteiger partial charge in [0.15, 0.2) is 12.6 Å². The van der Waals surface area contributed by atoms with Crippen LogP contribution in [-0.4, -0.2) is 27.5 Å². The summed E-state index contributed by atoms with van der Waals surface area (Å²) < 4.78 is 10.3. The first-order chi connectivity index (χ1) is 11.1. The molecule has 0 radical (unpaired) electrons. The number of rotatable bonds is 0. The van der Waals surface area contributed by atoms with Crippen molar-refractivity contribution in [3.05, 3.63) is 0 Å². The number of carbonyl (C=O) groups excluding carboxylic acids is 1. The number of Topliss-reactive ketones (excluding diaryl/α,β-unsaturated/α-hetero) is 1. The van der Waals surface area contributed by atoms with E-state index in [1.54, 1.807) is 0 Å². The van der Waals surface area contributed by atoms with Gasteiger partial charge in [0.05, 0.1) is 4.08 Å². The Kier molecular flexibility index (Phi) is 16.1. The van der Waals surface area contributed by atoms with E-state index in [-0.39, 0.29) is 11.6 Å². The van der Waals surface area contributed by atoms with Crippen LogP contribution >= 0.6 is 23.5 Å². The Morgan fingerprint density at radius 3 is 0.923 bits per heavy atom. The largest absolute Gasteiger partial charge is 0.324 e. The van der Waals surface area contributed by atoms with Crippen LogP contribution in [-0.2, 0) is 14.3 Å². The SMILES string of the molecule is CC(C)(C)C.CC(C)(C)C.CC(C)=O.CC1(C)OCO1.CC1(C)SCS1. The first kappa shape index (κ1) is 31.0. The maximum Gasteiger partial charge on any atom is 0.168 e. The summed E-state index contributed by atoms with van der Waals surface area (Å²) in [4.78, 5) is 9.44. The Morgan fingerprint density at radius 2 is 0.923 bits per heavy atom. The second-order valence-electron chi connectivity index (χ2n) is 10.5. The standard InChI is InChI=1S/2C5H12.C4H8O2.C4H8S2.C3H6O/c2*1-5(2,3)4;2*1-4(2)5-3-6-4;1-3(2)4/h2*1-4H3;2*3H2,1-2H3;1-2H3. The van der Waals surface area contributed by atoms with Crippen molar-refractivity contribution in [3.63, 3.8) is 0 Å². The van der Waals surface area contributed by atoms with Crippen molar-refractivity contribution in [2.24, 2.45) is 10.8 Å². The number of hydrogen-bond donors (Lipinski definition) is 0. The van der Waals surface area contributed by atoms with Crippen molar-refractivity contribution in [2.45, 2.75) is 107 Å². The highest BCUT2D eigenvalue weighted by molar-refractivity contribution is 8.33. The van der Waals surface area contributed by atoms with E-state index in [1.807, 2.05) is 37.4 Å². The lowest BCUT2D eigenvalue weighted by Gasteiger charge is -2.34. The molecule has 2 fully saturated rings. The molecule has 0 spiro atoms. The number of thioether (sulfide) groups is 2. The summed E-state index contributed by atoms with van der Waals surface area (Å²) >= 11 is 4.05. The van der Waals surface area contributed by atoms with Crippen molar-refractivity contribution in [1.82, 2.24) is 0 Å². The van der Waals surface area contributed by atoms with Crippen LogP contribution < -0.4 is 0 Å². The molecule has 0 aliphatic carbocycles. The molecule has 0 aromatic carbocycles. The zero-order valence-corrected chi connectivity index (χ0v) is 21.6.